The van der Waals surface area contributed by atoms with E-state index in [0.29, 0.717) is 23.6 Å². The smallest absolute Gasteiger partial charge is 0.255 e. The molecule has 0 saturated heterocycles. The fourth-order valence-electron chi connectivity index (χ4n) is 2.14. The van der Waals surface area contributed by atoms with Crippen LogP contribution in [0.15, 0.2) is 53.4 Å². The van der Waals surface area contributed by atoms with Gasteiger partial charge in [-0.05, 0) is 42.8 Å². The van der Waals surface area contributed by atoms with E-state index in [1.807, 2.05) is 18.4 Å². The number of aryl methyl sites for hydroxylation is 1. The van der Waals surface area contributed by atoms with Gasteiger partial charge >= 0.3 is 0 Å². The molecule has 0 aliphatic carbocycles. The standard InChI is InChI=1S/C18H16N2O3S/c1-12-5-6-16(17(21)7-12)20-18(22)13-3-2-4-15(8-13)23-9-14-10-24-11-19-14/h2-8,10-11,21H,9H2,1H3,(H,20,22). The second-order valence-electron chi connectivity index (χ2n) is 5.27. The molecule has 122 valence electrons. The summed E-state index contributed by atoms with van der Waals surface area (Å²) in [5.74, 6) is 0.316. The number of anilines is 1. The Bertz CT molecular complexity index is 847. The third-order valence-electron chi connectivity index (χ3n) is 3.37. The zero-order chi connectivity index (χ0) is 16.9. The molecule has 0 spiro atoms. The Labute approximate surface area is 143 Å². The number of aromatic nitrogens is 1. The van der Waals surface area contributed by atoms with E-state index < -0.39 is 0 Å². The average molecular weight is 340 g/mol. The summed E-state index contributed by atoms with van der Waals surface area (Å²) in [6.07, 6.45) is 0. The molecular weight excluding hydrogens is 324 g/mol. The van der Waals surface area contributed by atoms with Crippen LogP contribution in [-0.2, 0) is 6.61 Å². The molecule has 1 aromatic heterocycles. The van der Waals surface area contributed by atoms with Gasteiger partial charge in [0.1, 0.15) is 18.1 Å². The van der Waals surface area contributed by atoms with Crippen LogP contribution >= 0.6 is 11.3 Å². The van der Waals surface area contributed by atoms with E-state index in [9.17, 15) is 9.90 Å². The number of phenols is 1. The molecule has 0 radical (unpaired) electrons. The number of phenolic OH excluding ortho intramolecular Hbond substituents is 1. The summed E-state index contributed by atoms with van der Waals surface area (Å²) >= 11 is 1.51. The molecule has 0 aliphatic heterocycles. The Morgan fingerprint density at radius 3 is 2.92 bits per heavy atom. The number of nitrogens with one attached hydrogen (secondary N) is 1. The van der Waals surface area contributed by atoms with Gasteiger partial charge in [-0.1, -0.05) is 12.1 Å². The lowest BCUT2D eigenvalue weighted by Crippen LogP contribution is -2.12. The van der Waals surface area contributed by atoms with Gasteiger partial charge in [0.2, 0.25) is 0 Å². The number of amides is 1. The number of hydrogen-bond donors (Lipinski definition) is 2. The van der Waals surface area contributed by atoms with E-state index in [-0.39, 0.29) is 11.7 Å². The molecule has 0 atom stereocenters. The molecule has 0 unspecified atom stereocenters. The van der Waals surface area contributed by atoms with Crippen molar-refractivity contribution in [2.45, 2.75) is 13.5 Å². The number of carbonyl (C=O) groups excluding carboxylic acids is 1. The van der Waals surface area contributed by atoms with Gasteiger partial charge in [0.05, 0.1) is 16.9 Å². The number of aromatic hydroxyl groups is 1. The van der Waals surface area contributed by atoms with Crippen molar-refractivity contribution in [3.05, 3.63) is 70.2 Å². The maximum atomic E-state index is 12.3. The lowest BCUT2D eigenvalue weighted by Gasteiger charge is -2.09. The summed E-state index contributed by atoms with van der Waals surface area (Å²) in [7, 11) is 0. The molecule has 3 aromatic rings. The summed E-state index contributed by atoms with van der Waals surface area (Å²) < 4.78 is 5.65. The lowest BCUT2D eigenvalue weighted by atomic mass is 10.1. The number of ether oxygens (including phenoxy) is 1. The highest BCUT2D eigenvalue weighted by atomic mass is 32.1. The minimum absolute atomic E-state index is 0.0410. The fourth-order valence-corrected chi connectivity index (χ4v) is 2.68. The van der Waals surface area contributed by atoms with Crippen LogP contribution in [0.3, 0.4) is 0 Å². The van der Waals surface area contributed by atoms with Gasteiger partial charge in [0.15, 0.2) is 0 Å². The zero-order valence-electron chi connectivity index (χ0n) is 13.0. The molecule has 5 nitrogen and oxygen atoms in total. The molecule has 6 heteroatoms. The van der Waals surface area contributed by atoms with Gasteiger partial charge < -0.3 is 15.2 Å². The number of rotatable bonds is 5. The van der Waals surface area contributed by atoms with Gasteiger partial charge in [-0.2, -0.15) is 0 Å². The molecule has 2 N–H and O–H groups in total. The third kappa shape index (κ3) is 3.91. The molecule has 2 aromatic carbocycles. The second kappa shape index (κ2) is 7.14. The van der Waals surface area contributed by atoms with Crippen molar-refractivity contribution in [2.24, 2.45) is 0 Å². The second-order valence-corrected chi connectivity index (χ2v) is 5.99. The number of hydrogen-bond acceptors (Lipinski definition) is 5. The molecule has 1 heterocycles. The Balaban J connectivity index is 1.69. The van der Waals surface area contributed by atoms with Crippen molar-refractivity contribution in [2.75, 3.05) is 5.32 Å². The van der Waals surface area contributed by atoms with E-state index >= 15 is 0 Å². The highest BCUT2D eigenvalue weighted by Crippen LogP contribution is 2.25. The average Bonchev–Trinajstić information content (AvgIpc) is 3.09. The maximum Gasteiger partial charge on any atom is 0.255 e. The van der Waals surface area contributed by atoms with E-state index in [0.717, 1.165) is 11.3 Å². The molecule has 0 bridgehead atoms. The van der Waals surface area contributed by atoms with E-state index in [4.69, 9.17) is 4.74 Å². The molecule has 1 amide bonds. The Kier molecular flexibility index (Phi) is 4.77. The number of nitrogens with zero attached hydrogens (tertiary/aromatic N) is 1. The van der Waals surface area contributed by atoms with Gasteiger partial charge in [0.25, 0.3) is 5.91 Å². The van der Waals surface area contributed by atoms with E-state index in [2.05, 4.69) is 10.3 Å². The van der Waals surface area contributed by atoms with Crippen molar-refractivity contribution in [3.63, 3.8) is 0 Å². The largest absolute Gasteiger partial charge is 0.506 e. The quantitative estimate of drug-likeness (QED) is 0.689. The van der Waals surface area contributed by atoms with Crippen LogP contribution in [0.1, 0.15) is 21.6 Å². The van der Waals surface area contributed by atoms with Gasteiger partial charge in [0, 0.05) is 10.9 Å². The van der Waals surface area contributed by atoms with Gasteiger partial charge in [-0.25, -0.2) is 4.98 Å². The Morgan fingerprint density at radius 1 is 1.29 bits per heavy atom. The first kappa shape index (κ1) is 16.0. The Hall–Kier alpha value is -2.86. The van der Waals surface area contributed by atoms with Crippen molar-refractivity contribution in [3.8, 4) is 11.5 Å². The molecule has 24 heavy (non-hydrogen) atoms. The predicted octanol–water partition coefficient (Wildman–Crippen LogP) is 3.99. The first-order valence-electron chi connectivity index (χ1n) is 7.33. The normalized spacial score (nSPS) is 10.4. The summed E-state index contributed by atoms with van der Waals surface area (Å²) in [6, 6.07) is 12.0. The van der Waals surface area contributed by atoms with E-state index in [1.54, 1.807) is 41.9 Å². The van der Waals surface area contributed by atoms with Crippen molar-refractivity contribution >= 4 is 22.9 Å². The SMILES string of the molecule is Cc1ccc(NC(=O)c2cccc(OCc3cscn3)c2)c(O)c1. The van der Waals surface area contributed by atoms with Crippen LogP contribution in [0.4, 0.5) is 5.69 Å². The zero-order valence-corrected chi connectivity index (χ0v) is 13.8. The first-order chi connectivity index (χ1) is 11.6. The van der Waals surface area contributed by atoms with Crippen LogP contribution in [0.25, 0.3) is 0 Å². The van der Waals surface area contributed by atoms with Gasteiger partial charge in [-0.15, -0.1) is 11.3 Å². The van der Waals surface area contributed by atoms with Crippen LogP contribution in [0.2, 0.25) is 0 Å². The van der Waals surface area contributed by atoms with Crippen LogP contribution in [-0.4, -0.2) is 16.0 Å². The van der Waals surface area contributed by atoms with Crippen molar-refractivity contribution in [1.29, 1.82) is 0 Å². The van der Waals surface area contributed by atoms with Gasteiger partial charge in [-0.3, -0.25) is 4.79 Å². The van der Waals surface area contributed by atoms with Crippen LogP contribution in [0, 0.1) is 6.92 Å². The monoisotopic (exact) mass is 340 g/mol. The molecule has 0 fully saturated rings. The summed E-state index contributed by atoms with van der Waals surface area (Å²) in [5.41, 5.74) is 4.34. The summed E-state index contributed by atoms with van der Waals surface area (Å²) in [5, 5.41) is 14.5. The topological polar surface area (TPSA) is 71.5 Å². The fraction of sp³-hybridized carbons (Fsp3) is 0.111. The summed E-state index contributed by atoms with van der Waals surface area (Å²) in [6.45, 7) is 2.22. The molecule has 0 saturated carbocycles. The first-order valence-corrected chi connectivity index (χ1v) is 8.27. The highest BCUT2D eigenvalue weighted by molar-refractivity contribution is 7.07. The third-order valence-corrected chi connectivity index (χ3v) is 4.00. The van der Waals surface area contributed by atoms with Crippen LogP contribution < -0.4 is 10.1 Å². The molecule has 3 rings (SSSR count). The van der Waals surface area contributed by atoms with Crippen LogP contribution in [0.5, 0.6) is 11.5 Å². The predicted molar refractivity (Wildman–Crippen MR) is 93.7 cm³/mol. The minimum Gasteiger partial charge on any atom is -0.506 e. The summed E-state index contributed by atoms with van der Waals surface area (Å²) in [4.78, 5) is 16.5. The number of carbonyl (C=O) groups is 1. The molecule has 0 aliphatic rings. The molecular formula is C18H16N2O3S. The number of benzene rings is 2. The lowest BCUT2D eigenvalue weighted by molar-refractivity contribution is 0.102. The van der Waals surface area contributed by atoms with Crippen molar-refractivity contribution < 1.29 is 14.6 Å². The highest BCUT2D eigenvalue weighted by Gasteiger charge is 2.10. The van der Waals surface area contributed by atoms with E-state index in [1.165, 1.54) is 11.3 Å². The van der Waals surface area contributed by atoms with Crippen molar-refractivity contribution in [1.82, 2.24) is 4.98 Å². The maximum absolute atomic E-state index is 12.3. The minimum atomic E-state index is -0.312. The number of thiazole rings is 1. The Morgan fingerprint density at radius 2 is 2.17 bits per heavy atom.